The Morgan fingerprint density at radius 3 is 3.06 bits per heavy atom. The van der Waals surface area contributed by atoms with Crippen molar-refractivity contribution in [3.63, 3.8) is 0 Å². The van der Waals surface area contributed by atoms with Crippen molar-refractivity contribution in [2.75, 3.05) is 23.7 Å². The molecule has 0 amide bonds. The summed E-state index contributed by atoms with van der Waals surface area (Å²) < 4.78 is 1.52. The fraction of sp³-hybridized carbons (Fsp3) is 0.692. The molecule has 0 spiro atoms. The lowest BCUT2D eigenvalue weighted by atomic mass is 10.00. The van der Waals surface area contributed by atoms with Gasteiger partial charge in [-0.2, -0.15) is 17.7 Å². The van der Waals surface area contributed by atoms with Crippen LogP contribution in [0.15, 0.2) is 17.1 Å². The van der Waals surface area contributed by atoms with Crippen LogP contribution in [0.4, 0.5) is 5.69 Å². The zero-order valence-electron chi connectivity index (χ0n) is 10.9. The molecule has 1 atom stereocenters. The summed E-state index contributed by atoms with van der Waals surface area (Å²) in [6.07, 6.45) is 5.17. The van der Waals surface area contributed by atoms with Crippen LogP contribution in [0.3, 0.4) is 0 Å². The number of aryl methyl sites for hydroxylation is 1. The number of aromatic nitrogens is 2. The molecule has 1 saturated heterocycles. The van der Waals surface area contributed by atoms with Crippen LogP contribution in [-0.2, 0) is 6.54 Å². The van der Waals surface area contributed by atoms with Gasteiger partial charge in [0.15, 0.2) is 0 Å². The zero-order valence-corrected chi connectivity index (χ0v) is 11.8. The van der Waals surface area contributed by atoms with Crippen LogP contribution in [0.25, 0.3) is 0 Å². The van der Waals surface area contributed by atoms with Crippen molar-refractivity contribution in [3.05, 3.63) is 22.6 Å². The van der Waals surface area contributed by atoms with E-state index >= 15 is 0 Å². The van der Waals surface area contributed by atoms with Crippen LogP contribution >= 0.6 is 12.6 Å². The third-order valence-corrected chi connectivity index (χ3v) is 3.72. The predicted molar refractivity (Wildman–Crippen MR) is 77.6 cm³/mol. The molecule has 100 valence electrons. The molecule has 0 N–H and O–H groups in total. The van der Waals surface area contributed by atoms with Gasteiger partial charge in [0.1, 0.15) is 0 Å². The number of piperidine rings is 1. The molecule has 1 aliphatic heterocycles. The monoisotopic (exact) mass is 267 g/mol. The lowest BCUT2D eigenvalue weighted by molar-refractivity contribution is 0.445. The molecule has 1 aromatic rings. The molecule has 1 aliphatic rings. The van der Waals surface area contributed by atoms with Crippen molar-refractivity contribution in [2.45, 2.75) is 32.7 Å². The van der Waals surface area contributed by atoms with Crippen molar-refractivity contribution < 1.29 is 0 Å². The molecule has 18 heavy (non-hydrogen) atoms. The molecular formula is C13H21N3OS. The van der Waals surface area contributed by atoms with Crippen LogP contribution in [0.2, 0.25) is 0 Å². The quantitative estimate of drug-likeness (QED) is 0.845. The Kier molecular flexibility index (Phi) is 4.69. The molecule has 1 aromatic heterocycles. The smallest absolute Gasteiger partial charge is 0.268 e. The minimum Gasteiger partial charge on any atom is -0.370 e. The molecule has 2 rings (SSSR count). The molecule has 1 fully saturated rings. The van der Waals surface area contributed by atoms with Gasteiger partial charge in [-0.3, -0.25) is 4.79 Å². The number of rotatable bonds is 4. The minimum atomic E-state index is -0.00694. The molecule has 0 radical (unpaired) electrons. The first-order valence-corrected chi connectivity index (χ1v) is 7.27. The zero-order chi connectivity index (χ0) is 13.0. The highest BCUT2D eigenvalue weighted by Crippen LogP contribution is 2.20. The second-order valence-corrected chi connectivity index (χ2v) is 5.49. The summed E-state index contributed by atoms with van der Waals surface area (Å²) in [5.74, 6) is 1.48. The molecule has 5 heteroatoms. The molecule has 0 aliphatic carbocycles. The third-order valence-electron chi connectivity index (χ3n) is 3.41. The number of thiol groups is 1. The summed E-state index contributed by atoms with van der Waals surface area (Å²) in [6.45, 7) is 4.97. The molecule has 4 nitrogen and oxygen atoms in total. The van der Waals surface area contributed by atoms with E-state index in [4.69, 9.17) is 0 Å². The van der Waals surface area contributed by atoms with E-state index in [0.29, 0.717) is 12.5 Å². The fourth-order valence-corrected chi connectivity index (χ4v) is 2.55. The van der Waals surface area contributed by atoms with Crippen LogP contribution < -0.4 is 10.5 Å². The summed E-state index contributed by atoms with van der Waals surface area (Å²) in [5.41, 5.74) is 0.959. The van der Waals surface area contributed by atoms with Gasteiger partial charge < -0.3 is 4.90 Å². The van der Waals surface area contributed by atoms with Gasteiger partial charge in [0.05, 0.1) is 11.9 Å². The van der Waals surface area contributed by atoms with Crippen LogP contribution in [0.5, 0.6) is 0 Å². The topological polar surface area (TPSA) is 38.1 Å². The first-order valence-electron chi connectivity index (χ1n) is 6.63. The van der Waals surface area contributed by atoms with Gasteiger partial charge in [-0.05, 0) is 30.9 Å². The largest absolute Gasteiger partial charge is 0.370 e. The Labute approximate surface area is 113 Å². The molecule has 0 saturated carbocycles. The Morgan fingerprint density at radius 1 is 1.56 bits per heavy atom. The van der Waals surface area contributed by atoms with E-state index in [1.807, 2.05) is 6.20 Å². The van der Waals surface area contributed by atoms with Crippen molar-refractivity contribution in [1.29, 1.82) is 0 Å². The summed E-state index contributed by atoms with van der Waals surface area (Å²) in [7, 11) is 0. The van der Waals surface area contributed by atoms with Crippen molar-refractivity contribution in [1.82, 2.24) is 9.78 Å². The Balaban J connectivity index is 2.10. The maximum atomic E-state index is 11.9. The minimum absolute atomic E-state index is 0.00694. The molecule has 2 heterocycles. The van der Waals surface area contributed by atoms with Crippen molar-refractivity contribution in [2.24, 2.45) is 5.92 Å². The summed E-state index contributed by atoms with van der Waals surface area (Å²) in [5, 5.41) is 4.24. The standard InChI is InChI=1S/C13H21N3OS/c1-11-4-2-5-15(10-11)12-8-13(17)16(14-9-12)6-3-7-18/h8-9,11,18H,2-7,10H2,1H3. The van der Waals surface area contributed by atoms with E-state index in [1.165, 1.54) is 17.5 Å². The average molecular weight is 267 g/mol. The summed E-state index contributed by atoms with van der Waals surface area (Å²) in [4.78, 5) is 14.2. The lowest BCUT2D eigenvalue weighted by Gasteiger charge is -2.32. The maximum Gasteiger partial charge on any atom is 0.268 e. The van der Waals surface area contributed by atoms with E-state index in [2.05, 4.69) is 29.6 Å². The van der Waals surface area contributed by atoms with Crippen molar-refractivity contribution >= 4 is 18.3 Å². The van der Waals surface area contributed by atoms with Gasteiger partial charge in [-0.1, -0.05) is 6.92 Å². The first kappa shape index (κ1) is 13.5. The Hall–Kier alpha value is -0.970. The van der Waals surface area contributed by atoms with Crippen molar-refractivity contribution in [3.8, 4) is 0 Å². The normalized spacial score (nSPS) is 20.1. The first-order chi connectivity index (χ1) is 8.70. The van der Waals surface area contributed by atoms with E-state index in [1.54, 1.807) is 6.07 Å². The Bertz CT molecular complexity index is 446. The highest BCUT2D eigenvalue weighted by atomic mass is 32.1. The number of hydrogen-bond acceptors (Lipinski definition) is 4. The number of hydrogen-bond donors (Lipinski definition) is 1. The van der Waals surface area contributed by atoms with E-state index < -0.39 is 0 Å². The molecule has 1 unspecified atom stereocenters. The SMILES string of the molecule is CC1CCCN(c2cnn(CCCS)c(=O)c2)C1. The summed E-state index contributed by atoms with van der Waals surface area (Å²) in [6, 6.07) is 1.71. The average Bonchev–Trinajstić information content (AvgIpc) is 2.37. The highest BCUT2D eigenvalue weighted by Gasteiger charge is 2.17. The van der Waals surface area contributed by atoms with E-state index in [-0.39, 0.29) is 5.56 Å². The number of nitrogens with zero attached hydrogens (tertiary/aromatic N) is 3. The van der Waals surface area contributed by atoms with Gasteiger partial charge in [0, 0.05) is 25.7 Å². The number of anilines is 1. The van der Waals surface area contributed by atoms with E-state index in [9.17, 15) is 4.79 Å². The lowest BCUT2D eigenvalue weighted by Crippen LogP contribution is -2.35. The van der Waals surface area contributed by atoms with Crippen LogP contribution in [-0.4, -0.2) is 28.6 Å². The Morgan fingerprint density at radius 2 is 2.39 bits per heavy atom. The van der Waals surface area contributed by atoms with Gasteiger partial charge in [-0.25, -0.2) is 4.68 Å². The van der Waals surface area contributed by atoms with Crippen LogP contribution in [0.1, 0.15) is 26.2 Å². The third kappa shape index (κ3) is 3.28. The van der Waals surface area contributed by atoms with Gasteiger partial charge in [0.25, 0.3) is 5.56 Å². The van der Waals surface area contributed by atoms with E-state index in [0.717, 1.165) is 31.0 Å². The summed E-state index contributed by atoms with van der Waals surface area (Å²) >= 11 is 4.15. The van der Waals surface area contributed by atoms with Gasteiger partial charge in [-0.15, -0.1) is 0 Å². The molecule has 0 aromatic carbocycles. The predicted octanol–water partition coefficient (Wildman–Crippen LogP) is 1.80. The fourth-order valence-electron chi connectivity index (χ4n) is 2.41. The second-order valence-electron chi connectivity index (χ2n) is 5.05. The second kappa shape index (κ2) is 6.27. The van der Waals surface area contributed by atoms with Crippen LogP contribution in [0, 0.1) is 5.92 Å². The highest BCUT2D eigenvalue weighted by molar-refractivity contribution is 7.80. The van der Waals surface area contributed by atoms with Gasteiger partial charge in [0.2, 0.25) is 0 Å². The van der Waals surface area contributed by atoms with Gasteiger partial charge >= 0.3 is 0 Å². The maximum absolute atomic E-state index is 11.9. The molecule has 0 bridgehead atoms. The molecular weight excluding hydrogens is 246 g/mol.